The van der Waals surface area contributed by atoms with Crippen molar-refractivity contribution in [2.45, 2.75) is 38.6 Å². The van der Waals surface area contributed by atoms with Crippen molar-refractivity contribution in [3.8, 4) is 0 Å². The molecule has 3 heterocycles. The Hall–Kier alpha value is -3.12. The topological polar surface area (TPSA) is 55.3 Å². The number of thiazole rings is 1. The molecule has 0 radical (unpaired) electrons. The normalized spacial score (nSPS) is 16.1. The highest BCUT2D eigenvalue weighted by Gasteiger charge is 2.21. The Bertz CT molecular complexity index is 1110. The Balaban J connectivity index is 1.23. The molecule has 2 aromatic carbocycles. The van der Waals surface area contributed by atoms with Crippen molar-refractivity contribution < 1.29 is 0 Å². The number of nitrogens with zero attached hydrogens (tertiary/aromatic N) is 3. The number of fused-ring (bicyclic) bond motifs is 1. The lowest BCUT2D eigenvalue weighted by Gasteiger charge is -2.32. The van der Waals surface area contributed by atoms with Crippen LogP contribution < -0.4 is 15.1 Å². The molecule has 170 valence electrons. The number of aromatic nitrogens is 1. The molecule has 1 saturated heterocycles. The van der Waals surface area contributed by atoms with Gasteiger partial charge in [-0.25, -0.2) is 4.98 Å². The van der Waals surface area contributed by atoms with Gasteiger partial charge in [-0.1, -0.05) is 18.2 Å². The molecule has 2 N–H and O–H groups in total. The van der Waals surface area contributed by atoms with E-state index in [-0.39, 0.29) is 0 Å². The van der Waals surface area contributed by atoms with Gasteiger partial charge in [-0.15, -0.1) is 11.3 Å². The maximum absolute atomic E-state index is 7.03. The third-order valence-corrected chi connectivity index (χ3v) is 7.57. The maximum atomic E-state index is 7.03. The zero-order chi connectivity index (χ0) is 22.5. The van der Waals surface area contributed by atoms with Crippen LogP contribution in [0.5, 0.6) is 0 Å². The van der Waals surface area contributed by atoms with Crippen LogP contribution in [0.25, 0.3) is 0 Å². The number of hydrogen-bond acceptors (Lipinski definition) is 6. The third kappa shape index (κ3) is 5.28. The summed E-state index contributed by atoms with van der Waals surface area (Å²) in [5, 5.41) is 11.3. The minimum Gasteiger partial charge on any atom is -0.372 e. The van der Waals surface area contributed by atoms with Crippen LogP contribution in [-0.4, -0.2) is 30.8 Å². The minimum absolute atomic E-state index is 0.901. The molecule has 0 amide bonds. The highest BCUT2D eigenvalue weighted by atomic mass is 32.1. The number of nitrogens with one attached hydrogen (secondary N) is 2. The van der Waals surface area contributed by atoms with Gasteiger partial charge in [0.15, 0.2) is 5.13 Å². The summed E-state index contributed by atoms with van der Waals surface area (Å²) >= 11 is 1.81. The molecule has 0 aliphatic carbocycles. The van der Waals surface area contributed by atoms with Crippen LogP contribution in [0.3, 0.4) is 0 Å². The van der Waals surface area contributed by atoms with E-state index in [1.54, 1.807) is 12.3 Å². The lowest BCUT2D eigenvalue weighted by Crippen LogP contribution is -2.32. The molecule has 0 atom stereocenters. The average Bonchev–Trinajstić information content (AvgIpc) is 3.33. The first-order valence-electron chi connectivity index (χ1n) is 11.9. The van der Waals surface area contributed by atoms with Gasteiger partial charge < -0.3 is 20.5 Å². The number of anilines is 3. The van der Waals surface area contributed by atoms with Gasteiger partial charge in [-0.05, 0) is 72.7 Å². The SMILES string of the molecule is N=C/C=C\Nc1ccc(Cc2cnc(N3CCc4ccc(N5CCCCC5)cc4C3)s2)cc1. The maximum Gasteiger partial charge on any atom is 0.185 e. The van der Waals surface area contributed by atoms with Gasteiger partial charge in [0, 0.05) is 67.5 Å². The van der Waals surface area contributed by atoms with Crippen LogP contribution in [0, 0.1) is 5.41 Å². The van der Waals surface area contributed by atoms with Crippen LogP contribution in [-0.2, 0) is 19.4 Å². The fourth-order valence-corrected chi connectivity index (χ4v) is 5.66. The van der Waals surface area contributed by atoms with E-state index in [1.165, 1.54) is 65.8 Å². The Labute approximate surface area is 200 Å². The first kappa shape index (κ1) is 21.7. The van der Waals surface area contributed by atoms with Crippen LogP contribution in [0.4, 0.5) is 16.5 Å². The van der Waals surface area contributed by atoms with E-state index in [0.717, 1.165) is 36.8 Å². The van der Waals surface area contributed by atoms with Crippen molar-refractivity contribution in [1.82, 2.24) is 4.98 Å². The highest BCUT2D eigenvalue weighted by molar-refractivity contribution is 7.15. The summed E-state index contributed by atoms with van der Waals surface area (Å²) in [6.45, 7) is 4.37. The molecule has 5 nitrogen and oxygen atoms in total. The van der Waals surface area contributed by atoms with Crippen molar-refractivity contribution in [3.63, 3.8) is 0 Å². The van der Waals surface area contributed by atoms with E-state index in [9.17, 15) is 0 Å². The van der Waals surface area contributed by atoms with Crippen LogP contribution >= 0.6 is 11.3 Å². The zero-order valence-electron chi connectivity index (χ0n) is 19.0. The van der Waals surface area contributed by atoms with Gasteiger partial charge in [0.25, 0.3) is 0 Å². The van der Waals surface area contributed by atoms with Gasteiger partial charge in [-0.2, -0.15) is 0 Å². The Morgan fingerprint density at radius 3 is 2.64 bits per heavy atom. The summed E-state index contributed by atoms with van der Waals surface area (Å²) in [6, 6.07) is 15.6. The molecule has 6 heteroatoms. The van der Waals surface area contributed by atoms with Crippen molar-refractivity contribution in [1.29, 1.82) is 5.41 Å². The number of rotatable bonds is 7. The lowest BCUT2D eigenvalue weighted by molar-refractivity contribution is 0.577. The second kappa shape index (κ2) is 10.2. The van der Waals surface area contributed by atoms with E-state index in [2.05, 4.69) is 57.6 Å². The predicted molar refractivity (Wildman–Crippen MR) is 140 cm³/mol. The Morgan fingerprint density at radius 1 is 0.970 bits per heavy atom. The summed E-state index contributed by atoms with van der Waals surface area (Å²) in [5.41, 5.74) is 6.65. The first-order chi connectivity index (χ1) is 16.3. The number of allylic oxidation sites excluding steroid dienone is 1. The quantitative estimate of drug-likeness (QED) is 0.436. The number of piperidine rings is 1. The summed E-state index contributed by atoms with van der Waals surface area (Å²) < 4.78 is 0. The van der Waals surface area contributed by atoms with Crippen LogP contribution in [0.2, 0.25) is 0 Å². The summed E-state index contributed by atoms with van der Waals surface area (Å²) in [4.78, 5) is 11.1. The fraction of sp³-hybridized carbons (Fsp3) is 0.333. The Morgan fingerprint density at radius 2 is 1.82 bits per heavy atom. The Kier molecular flexibility index (Phi) is 6.72. The van der Waals surface area contributed by atoms with E-state index in [1.807, 2.05) is 17.5 Å². The van der Waals surface area contributed by atoms with Gasteiger partial charge >= 0.3 is 0 Å². The zero-order valence-corrected chi connectivity index (χ0v) is 19.8. The van der Waals surface area contributed by atoms with E-state index in [4.69, 9.17) is 10.4 Å². The molecule has 2 aliphatic rings. The van der Waals surface area contributed by atoms with Crippen LogP contribution in [0.15, 0.2) is 60.9 Å². The van der Waals surface area contributed by atoms with Crippen molar-refractivity contribution in [2.75, 3.05) is 34.8 Å². The molecule has 0 bridgehead atoms. The molecular formula is C27H31N5S. The summed E-state index contributed by atoms with van der Waals surface area (Å²) in [5.74, 6) is 0. The molecule has 33 heavy (non-hydrogen) atoms. The highest BCUT2D eigenvalue weighted by Crippen LogP contribution is 2.32. The third-order valence-electron chi connectivity index (χ3n) is 6.51. The van der Waals surface area contributed by atoms with Crippen molar-refractivity contribution in [2.24, 2.45) is 0 Å². The standard InChI is InChI=1S/C27H31N5S/c28-12-4-13-29-24-8-5-21(6-9-24)17-26-19-30-27(33-26)32-16-11-22-7-10-25(18-23(22)20-32)31-14-2-1-3-15-31/h4-10,12-13,18-19,28-29H,1-3,11,14-17,20H2/b13-4-,28-12?. The van der Waals surface area contributed by atoms with E-state index < -0.39 is 0 Å². The monoisotopic (exact) mass is 457 g/mol. The summed E-state index contributed by atoms with van der Waals surface area (Å²) in [7, 11) is 0. The average molecular weight is 458 g/mol. The predicted octanol–water partition coefficient (Wildman–Crippen LogP) is 5.86. The second-order valence-electron chi connectivity index (χ2n) is 8.83. The van der Waals surface area contributed by atoms with Gasteiger partial charge in [-0.3, -0.25) is 0 Å². The first-order valence-corrected chi connectivity index (χ1v) is 12.7. The molecule has 1 fully saturated rings. The molecule has 0 spiro atoms. The molecule has 0 unspecified atom stereocenters. The van der Waals surface area contributed by atoms with Gasteiger partial charge in [0.2, 0.25) is 0 Å². The largest absolute Gasteiger partial charge is 0.372 e. The lowest BCUT2D eigenvalue weighted by atomic mass is 9.98. The summed E-state index contributed by atoms with van der Waals surface area (Å²) in [6.07, 6.45) is 12.7. The number of hydrogen-bond donors (Lipinski definition) is 2. The van der Waals surface area contributed by atoms with Crippen LogP contribution in [0.1, 0.15) is 40.8 Å². The minimum atomic E-state index is 0.901. The smallest absolute Gasteiger partial charge is 0.185 e. The molecule has 5 rings (SSSR count). The van der Waals surface area contributed by atoms with Gasteiger partial charge in [0.05, 0.1) is 0 Å². The second-order valence-corrected chi connectivity index (χ2v) is 9.92. The molecule has 1 aromatic heterocycles. The molecule has 2 aliphatic heterocycles. The molecular weight excluding hydrogens is 426 g/mol. The van der Waals surface area contributed by atoms with Crippen molar-refractivity contribution >= 4 is 34.1 Å². The number of benzene rings is 2. The fourth-order valence-electron chi connectivity index (χ4n) is 4.69. The van der Waals surface area contributed by atoms with Crippen molar-refractivity contribution in [3.05, 3.63) is 82.5 Å². The molecule has 3 aromatic rings. The van der Waals surface area contributed by atoms with E-state index >= 15 is 0 Å². The van der Waals surface area contributed by atoms with Gasteiger partial charge in [0.1, 0.15) is 0 Å². The van der Waals surface area contributed by atoms with E-state index in [0.29, 0.717) is 0 Å². The molecule has 0 saturated carbocycles.